The zero-order valence-corrected chi connectivity index (χ0v) is 17.8. The summed E-state index contributed by atoms with van der Waals surface area (Å²) in [6, 6.07) is 0.123. The molecule has 1 saturated heterocycles. The standard InChI is InChI=1S/C17H29F3N6O2S/c1-4-21-16(22-11-13-12-25(2)24-15(13)17(18,19)20)23-14-5-7-26(8-6-14)9-10-29(3,27)28/h12,14H,4-11H2,1-3H3,(H2,21,22,23). The van der Waals surface area contributed by atoms with Crippen LogP contribution in [0.15, 0.2) is 11.2 Å². The Bertz CT molecular complexity index is 799. The molecule has 2 rings (SSSR count). The minimum Gasteiger partial charge on any atom is -0.357 e. The number of guanidine groups is 1. The van der Waals surface area contributed by atoms with E-state index in [-0.39, 0.29) is 23.9 Å². The predicted molar refractivity (Wildman–Crippen MR) is 105 cm³/mol. The number of likely N-dealkylation sites (tertiary alicyclic amines) is 1. The number of alkyl halides is 3. The van der Waals surface area contributed by atoms with Crippen LogP contribution in [-0.2, 0) is 29.6 Å². The van der Waals surface area contributed by atoms with Gasteiger partial charge in [0.1, 0.15) is 9.84 Å². The first-order valence-corrected chi connectivity index (χ1v) is 11.6. The third-order valence-corrected chi connectivity index (χ3v) is 5.56. The van der Waals surface area contributed by atoms with E-state index in [1.807, 2.05) is 6.92 Å². The molecule has 166 valence electrons. The summed E-state index contributed by atoms with van der Waals surface area (Å²) in [6.45, 7) is 4.36. The fourth-order valence-electron chi connectivity index (χ4n) is 3.17. The second-order valence-electron chi connectivity index (χ2n) is 7.26. The van der Waals surface area contributed by atoms with E-state index in [0.717, 1.165) is 30.6 Å². The van der Waals surface area contributed by atoms with Crippen LogP contribution in [-0.4, -0.2) is 73.3 Å². The highest BCUT2D eigenvalue weighted by molar-refractivity contribution is 7.90. The average molecular weight is 439 g/mol. The molecule has 0 radical (unpaired) electrons. The van der Waals surface area contributed by atoms with Gasteiger partial charge in [0.2, 0.25) is 0 Å². The number of piperidine rings is 1. The minimum absolute atomic E-state index is 0.0211. The Balaban J connectivity index is 1.94. The molecule has 2 heterocycles. The van der Waals surface area contributed by atoms with Crippen LogP contribution in [0, 0.1) is 0 Å². The van der Waals surface area contributed by atoms with Gasteiger partial charge >= 0.3 is 6.18 Å². The molecule has 1 aliphatic rings. The maximum Gasteiger partial charge on any atom is 0.435 e. The third kappa shape index (κ3) is 7.84. The number of sulfone groups is 1. The smallest absolute Gasteiger partial charge is 0.357 e. The van der Waals surface area contributed by atoms with Gasteiger partial charge < -0.3 is 15.5 Å². The van der Waals surface area contributed by atoms with Crippen LogP contribution in [0.1, 0.15) is 31.0 Å². The Morgan fingerprint density at radius 2 is 2.00 bits per heavy atom. The number of nitrogens with one attached hydrogen (secondary N) is 2. The van der Waals surface area contributed by atoms with Crippen LogP contribution in [0.4, 0.5) is 13.2 Å². The zero-order chi connectivity index (χ0) is 21.7. The number of aromatic nitrogens is 2. The molecule has 12 heteroatoms. The molecule has 2 N–H and O–H groups in total. The Morgan fingerprint density at radius 3 is 2.55 bits per heavy atom. The lowest BCUT2D eigenvalue weighted by atomic mass is 10.1. The maximum atomic E-state index is 13.1. The topological polar surface area (TPSA) is 91.6 Å². The number of hydrogen-bond acceptors (Lipinski definition) is 5. The predicted octanol–water partition coefficient (Wildman–Crippen LogP) is 1.00. The van der Waals surface area contributed by atoms with Crippen molar-refractivity contribution >= 4 is 15.8 Å². The van der Waals surface area contributed by atoms with Gasteiger partial charge in [0.15, 0.2) is 11.7 Å². The lowest BCUT2D eigenvalue weighted by Gasteiger charge is -2.32. The summed E-state index contributed by atoms with van der Waals surface area (Å²) in [5.41, 5.74) is -0.897. The molecular weight excluding hydrogens is 409 g/mol. The Morgan fingerprint density at radius 1 is 1.34 bits per heavy atom. The summed E-state index contributed by atoms with van der Waals surface area (Å²) in [5.74, 6) is 0.598. The monoisotopic (exact) mass is 438 g/mol. The van der Waals surface area contributed by atoms with Crippen molar-refractivity contribution in [3.05, 3.63) is 17.5 Å². The molecule has 1 fully saturated rings. The first kappa shape index (κ1) is 23.5. The van der Waals surface area contributed by atoms with Crippen LogP contribution in [0.3, 0.4) is 0 Å². The van der Waals surface area contributed by atoms with E-state index < -0.39 is 21.7 Å². The van der Waals surface area contributed by atoms with E-state index in [1.54, 1.807) is 0 Å². The molecular formula is C17H29F3N6O2S. The molecule has 0 aromatic carbocycles. The highest BCUT2D eigenvalue weighted by atomic mass is 32.2. The second kappa shape index (κ2) is 9.79. The molecule has 0 saturated carbocycles. The van der Waals surface area contributed by atoms with Gasteiger partial charge in [-0.2, -0.15) is 18.3 Å². The molecule has 1 aromatic heterocycles. The normalized spacial score (nSPS) is 17.5. The lowest BCUT2D eigenvalue weighted by Crippen LogP contribution is -2.49. The number of aryl methyl sites for hydroxylation is 1. The summed E-state index contributed by atoms with van der Waals surface area (Å²) in [7, 11) is -1.53. The summed E-state index contributed by atoms with van der Waals surface area (Å²) in [5, 5.41) is 9.83. The van der Waals surface area contributed by atoms with E-state index in [1.165, 1.54) is 19.5 Å². The van der Waals surface area contributed by atoms with E-state index in [0.29, 0.717) is 19.0 Å². The fraction of sp³-hybridized carbons (Fsp3) is 0.765. The molecule has 8 nitrogen and oxygen atoms in total. The van der Waals surface area contributed by atoms with Gasteiger partial charge in [-0.15, -0.1) is 0 Å². The zero-order valence-electron chi connectivity index (χ0n) is 17.0. The largest absolute Gasteiger partial charge is 0.435 e. The summed E-state index contributed by atoms with van der Waals surface area (Å²) in [6.07, 6.45) is -0.358. The Labute approximate surface area is 169 Å². The van der Waals surface area contributed by atoms with Crippen molar-refractivity contribution in [2.24, 2.45) is 12.0 Å². The number of aliphatic imine (C=N–C) groups is 1. The molecule has 0 aliphatic carbocycles. The lowest BCUT2D eigenvalue weighted by molar-refractivity contribution is -0.142. The van der Waals surface area contributed by atoms with Crippen LogP contribution >= 0.6 is 0 Å². The van der Waals surface area contributed by atoms with Gasteiger partial charge in [-0.3, -0.25) is 4.68 Å². The molecule has 29 heavy (non-hydrogen) atoms. The number of rotatable bonds is 7. The van der Waals surface area contributed by atoms with E-state index in [9.17, 15) is 21.6 Å². The maximum absolute atomic E-state index is 13.1. The summed E-state index contributed by atoms with van der Waals surface area (Å²) in [4.78, 5) is 6.41. The van der Waals surface area contributed by atoms with Gasteiger partial charge in [0.25, 0.3) is 0 Å². The molecule has 0 unspecified atom stereocenters. The van der Waals surface area contributed by atoms with Crippen LogP contribution in [0.25, 0.3) is 0 Å². The fourth-order valence-corrected chi connectivity index (χ4v) is 3.76. The third-order valence-electron chi connectivity index (χ3n) is 4.63. The van der Waals surface area contributed by atoms with E-state index >= 15 is 0 Å². The molecule has 0 atom stereocenters. The highest BCUT2D eigenvalue weighted by Crippen LogP contribution is 2.30. The Hall–Kier alpha value is -1.82. The number of hydrogen-bond donors (Lipinski definition) is 2. The van der Waals surface area contributed by atoms with Crippen molar-refractivity contribution in [1.29, 1.82) is 0 Å². The summed E-state index contributed by atoms with van der Waals surface area (Å²) >= 11 is 0. The molecule has 1 aromatic rings. The van der Waals surface area contributed by atoms with Gasteiger partial charge in [-0.1, -0.05) is 0 Å². The van der Waals surface area contributed by atoms with Crippen LogP contribution < -0.4 is 10.6 Å². The average Bonchev–Trinajstić information content (AvgIpc) is 3.00. The minimum atomic E-state index is -4.52. The summed E-state index contributed by atoms with van der Waals surface area (Å²) < 4.78 is 63.0. The Kier molecular flexibility index (Phi) is 7.92. The van der Waals surface area contributed by atoms with Gasteiger partial charge in [-0.25, -0.2) is 13.4 Å². The van der Waals surface area contributed by atoms with Gasteiger partial charge in [0.05, 0.1) is 12.3 Å². The van der Waals surface area contributed by atoms with Crippen molar-refractivity contribution in [1.82, 2.24) is 25.3 Å². The van der Waals surface area contributed by atoms with Crippen molar-refractivity contribution in [3.8, 4) is 0 Å². The molecule has 1 aliphatic heterocycles. The van der Waals surface area contributed by atoms with Crippen molar-refractivity contribution < 1.29 is 21.6 Å². The first-order chi connectivity index (χ1) is 13.5. The van der Waals surface area contributed by atoms with E-state index in [2.05, 4.69) is 25.6 Å². The van der Waals surface area contributed by atoms with Crippen molar-refractivity contribution in [2.75, 3.05) is 38.2 Å². The first-order valence-electron chi connectivity index (χ1n) is 9.52. The molecule has 0 spiro atoms. The van der Waals surface area contributed by atoms with Crippen molar-refractivity contribution in [2.45, 2.75) is 38.5 Å². The quantitative estimate of drug-likeness (QED) is 0.488. The highest BCUT2D eigenvalue weighted by Gasteiger charge is 2.36. The molecule has 0 amide bonds. The van der Waals surface area contributed by atoms with Gasteiger partial charge in [-0.05, 0) is 19.8 Å². The van der Waals surface area contributed by atoms with E-state index in [4.69, 9.17) is 0 Å². The SMILES string of the molecule is CCNC(=NCc1cn(C)nc1C(F)(F)F)NC1CCN(CCS(C)(=O)=O)CC1. The molecule has 0 bridgehead atoms. The van der Waals surface area contributed by atoms with Gasteiger partial charge in [0, 0.05) is 57.3 Å². The number of nitrogens with zero attached hydrogens (tertiary/aromatic N) is 4. The number of halogens is 3. The van der Waals surface area contributed by atoms with Crippen LogP contribution in [0.5, 0.6) is 0 Å². The van der Waals surface area contributed by atoms with Crippen LogP contribution in [0.2, 0.25) is 0 Å². The second-order valence-corrected chi connectivity index (χ2v) is 9.52. The van der Waals surface area contributed by atoms with Crippen molar-refractivity contribution in [3.63, 3.8) is 0 Å².